The summed E-state index contributed by atoms with van der Waals surface area (Å²) in [7, 11) is 2.10. The zero-order chi connectivity index (χ0) is 29.2. The molecule has 8 unspecified atom stereocenters. The number of ether oxygens (including phenoxy) is 3. The van der Waals surface area contributed by atoms with E-state index in [2.05, 4.69) is 42.9 Å². The Kier molecular flexibility index (Phi) is 5.97. The summed E-state index contributed by atoms with van der Waals surface area (Å²) in [5, 5.41) is 23.9. The molecule has 1 spiro atoms. The van der Waals surface area contributed by atoms with Crippen LogP contribution in [0.15, 0.2) is 23.3 Å². The van der Waals surface area contributed by atoms with E-state index in [9.17, 15) is 15.0 Å². The Bertz CT molecular complexity index is 1370. The van der Waals surface area contributed by atoms with E-state index < -0.39 is 34.6 Å². The second-order valence-electron chi connectivity index (χ2n) is 14.2. The second-order valence-corrected chi connectivity index (χ2v) is 14.2. The summed E-state index contributed by atoms with van der Waals surface area (Å²) in [6.45, 7) is 12.2. The number of aliphatic hydroxyl groups excluding tert-OH is 1. The SMILES string of the molecule is CCc1[nH]c(C)c(C(=O)OC(C)C2=CCC34OCCN(C)CC23CC(O)C23OC5(O)CCC2(C)C(CC=C43)C5)c1C. The normalized spacial score (nSPS) is 43.8. The van der Waals surface area contributed by atoms with E-state index in [1.54, 1.807) is 0 Å². The minimum Gasteiger partial charge on any atom is -0.454 e. The molecule has 3 aliphatic heterocycles. The lowest BCUT2D eigenvalue weighted by molar-refractivity contribution is -0.401. The number of fused-ring (bicyclic) bond motifs is 1. The van der Waals surface area contributed by atoms with Gasteiger partial charge in [0.05, 0.1) is 18.3 Å². The maximum atomic E-state index is 13.6. The summed E-state index contributed by atoms with van der Waals surface area (Å²) in [4.78, 5) is 19.2. The van der Waals surface area contributed by atoms with Crippen LogP contribution in [-0.2, 0) is 20.6 Å². The van der Waals surface area contributed by atoms with E-state index in [1.807, 2.05) is 20.8 Å². The van der Waals surface area contributed by atoms with Crippen molar-refractivity contribution in [1.29, 1.82) is 0 Å². The van der Waals surface area contributed by atoms with Gasteiger partial charge in [-0.05, 0) is 82.6 Å². The van der Waals surface area contributed by atoms with E-state index in [-0.39, 0.29) is 17.3 Å². The monoisotopic (exact) mass is 566 g/mol. The first-order chi connectivity index (χ1) is 19.4. The fourth-order valence-corrected chi connectivity index (χ4v) is 10.4. The number of aryl methyl sites for hydroxylation is 2. The molecule has 1 aromatic rings. The average molecular weight is 567 g/mol. The molecule has 0 radical (unpaired) electrons. The van der Waals surface area contributed by atoms with Crippen molar-refractivity contribution in [2.75, 3.05) is 26.7 Å². The number of nitrogens with zero attached hydrogens (tertiary/aromatic N) is 1. The van der Waals surface area contributed by atoms with Crippen LogP contribution in [0.25, 0.3) is 0 Å². The summed E-state index contributed by atoms with van der Waals surface area (Å²) in [6.07, 6.45) is 7.89. The maximum absolute atomic E-state index is 13.6. The quantitative estimate of drug-likeness (QED) is 0.372. The van der Waals surface area contributed by atoms with Crippen LogP contribution in [-0.4, -0.2) is 82.0 Å². The number of hydrogen-bond acceptors (Lipinski definition) is 7. The van der Waals surface area contributed by atoms with Crippen molar-refractivity contribution in [3.63, 3.8) is 0 Å². The first-order valence-corrected chi connectivity index (χ1v) is 15.6. The number of aromatic nitrogens is 1. The molecular formula is C33H46N2O6. The number of carbonyl (C=O) groups is 1. The van der Waals surface area contributed by atoms with Gasteiger partial charge in [-0.25, -0.2) is 4.79 Å². The van der Waals surface area contributed by atoms with Crippen LogP contribution >= 0.6 is 0 Å². The molecule has 8 rings (SSSR count). The highest BCUT2D eigenvalue weighted by Crippen LogP contribution is 2.74. The minimum atomic E-state index is -1.22. The summed E-state index contributed by atoms with van der Waals surface area (Å²) in [5.41, 5.74) is 2.85. The predicted molar refractivity (Wildman–Crippen MR) is 153 cm³/mol. The third-order valence-electron chi connectivity index (χ3n) is 12.3. The molecule has 2 saturated carbocycles. The molecule has 0 aromatic carbocycles. The lowest BCUT2D eigenvalue weighted by Crippen LogP contribution is -2.79. The van der Waals surface area contributed by atoms with Crippen LogP contribution < -0.4 is 0 Å². The molecule has 3 N–H and O–H groups in total. The first-order valence-electron chi connectivity index (χ1n) is 15.6. The van der Waals surface area contributed by atoms with Crippen molar-refractivity contribution in [1.82, 2.24) is 9.88 Å². The highest BCUT2D eigenvalue weighted by molar-refractivity contribution is 5.93. The van der Waals surface area contributed by atoms with Crippen LogP contribution in [0.5, 0.6) is 0 Å². The number of aliphatic hydroxyl groups is 2. The Morgan fingerprint density at radius 2 is 2.05 bits per heavy atom. The summed E-state index contributed by atoms with van der Waals surface area (Å²) >= 11 is 0. The summed E-state index contributed by atoms with van der Waals surface area (Å²) < 4.78 is 20.0. The fourth-order valence-electron chi connectivity index (χ4n) is 10.4. The summed E-state index contributed by atoms with van der Waals surface area (Å²) in [6, 6.07) is 0. The third kappa shape index (κ3) is 3.32. The van der Waals surface area contributed by atoms with Crippen molar-refractivity contribution in [2.45, 2.75) is 109 Å². The number of H-pyrrole nitrogens is 1. The highest BCUT2D eigenvalue weighted by Gasteiger charge is 2.79. The maximum Gasteiger partial charge on any atom is 0.340 e. The van der Waals surface area contributed by atoms with Crippen LogP contribution in [0.1, 0.15) is 86.6 Å². The minimum absolute atomic E-state index is 0.250. The molecule has 7 aliphatic rings. The standard InChI is InChI=1S/C33H46N2O6/c1-7-24-19(2)27(20(3)34-24)28(37)40-21(4)23-10-11-32-25-9-8-22-16-31(38)13-12-29(22,5)33(25,41-31)26(36)17-30(23,32)18-35(6)14-15-39-32/h9-10,21-22,26,34,36,38H,7-8,11-18H2,1-6H3. The van der Waals surface area contributed by atoms with Crippen molar-refractivity contribution in [2.24, 2.45) is 16.7 Å². The molecule has 1 aromatic heterocycles. The van der Waals surface area contributed by atoms with Gasteiger partial charge in [-0.3, -0.25) is 0 Å². The molecule has 4 heterocycles. The molecule has 3 saturated heterocycles. The zero-order valence-electron chi connectivity index (χ0n) is 25.4. The molecular weight excluding hydrogens is 520 g/mol. The van der Waals surface area contributed by atoms with Gasteiger partial charge in [-0.15, -0.1) is 0 Å². The zero-order valence-corrected chi connectivity index (χ0v) is 25.4. The number of hydrogen-bond donors (Lipinski definition) is 3. The number of allylic oxidation sites excluding steroid dienone is 1. The van der Waals surface area contributed by atoms with Gasteiger partial charge in [-0.2, -0.15) is 0 Å². The van der Waals surface area contributed by atoms with Crippen LogP contribution in [0, 0.1) is 30.6 Å². The van der Waals surface area contributed by atoms with Gasteiger partial charge in [0.1, 0.15) is 17.3 Å². The van der Waals surface area contributed by atoms with E-state index in [4.69, 9.17) is 14.2 Å². The molecule has 0 amide bonds. The topological polar surface area (TPSA) is 104 Å². The molecule has 4 aliphatic carbocycles. The Labute approximate surface area is 243 Å². The lowest BCUT2D eigenvalue weighted by Gasteiger charge is -2.73. The molecule has 8 atom stereocenters. The molecule has 4 bridgehead atoms. The van der Waals surface area contributed by atoms with Gasteiger partial charge in [0.25, 0.3) is 0 Å². The van der Waals surface area contributed by atoms with Gasteiger partial charge in [0.15, 0.2) is 5.79 Å². The van der Waals surface area contributed by atoms with E-state index in [0.29, 0.717) is 44.4 Å². The molecule has 41 heavy (non-hydrogen) atoms. The van der Waals surface area contributed by atoms with Gasteiger partial charge in [0.2, 0.25) is 0 Å². The van der Waals surface area contributed by atoms with Gasteiger partial charge in [0, 0.05) is 48.1 Å². The Morgan fingerprint density at radius 1 is 1.27 bits per heavy atom. The van der Waals surface area contributed by atoms with E-state index in [0.717, 1.165) is 53.9 Å². The molecule has 224 valence electrons. The Morgan fingerprint density at radius 3 is 2.78 bits per heavy atom. The fraction of sp³-hybridized carbons (Fsp3) is 0.727. The molecule has 8 heteroatoms. The van der Waals surface area contributed by atoms with Gasteiger partial charge in [-0.1, -0.05) is 26.0 Å². The van der Waals surface area contributed by atoms with Crippen LogP contribution in [0.2, 0.25) is 0 Å². The van der Waals surface area contributed by atoms with Crippen molar-refractivity contribution >= 4 is 5.97 Å². The average Bonchev–Trinajstić information content (AvgIpc) is 3.31. The largest absolute Gasteiger partial charge is 0.454 e. The Hall–Kier alpha value is -1.97. The summed E-state index contributed by atoms with van der Waals surface area (Å²) in [5.74, 6) is -1.29. The molecule has 5 fully saturated rings. The van der Waals surface area contributed by atoms with Crippen molar-refractivity contribution in [3.8, 4) is 0 Å². The number of rotatable bonds is 4. The number of likely N-dealkylation sites (N-methyl/N-ethyl adjacent to an activating group) is 1. The first kappa shape index (κ1) is 27.8. The van der Waals surface area contributed by atoms with Gasteiger partial charge < -0.3 is 34.3 Å². The number of nitrogens with one attached hydrogen (secondary N) is 1. The number of carbonyl (C=O) groups excluding carboxylic acids is 1. The van der Waals surface area contributed by atoms with Crippen molar-refractivity contribution < 1.29 is 29.2 Å². The highest BCUT2D eigenvalue weighted by atomic mass is 16.7. The molecule has 8 nitrogen and oxygen atoms in total. The van der Waals surface area contributed by atoms with Gasteiger partial charge >= 0.3 is 5.97 Å². The third-order valence-corrected chi connectivity index (χ3v) is 12.3. The lowest BCUT2D eigenvalue weighted by atomic mass is 9.41. The Balaban J connectivity index is 1.31. The number of aromatic amines is 1. The smallest absolute Gasteiger partial charge is 0.340 e. The van der Waals surface area contributed by atoms with Crippen molar-refractivity contribution in [3.05, 3.63) is 45.8 Å². The number of esters is 1. The predicted octanol–water partition coefficient (Wildman–Crippen LogP) is 4.12. The second kappa shape index (κ2) is 8.79. The van der Waals surface area contributed by atoms with Crippen LogP contribution in [0.4, 0.5) is 0 Å². The van der Waals surface area contributed by atoms with Crippen LogP contribution in [0.3, 0.4) is 0 Å². The van der Waals surface area contributed by atoms with E-state index in [1.165, 1.54) is 0 Å². The van der Waals surface area contributed by atoms with E-state index >= 15 is 0 Å².